The van der Waals surface area contributed by atoms with Gasteiger partial charge in [-0.2, -0.15) is 0 Å². The molecule has 0 radical (unpaired) electrons. The first kappa shape index (κ1) is 11.6. The molecule has 0 spiro atoms. The van der Waals surface area contributed by atoms with Crippen LogP contribution in [-0.4, -0.2) is 0 Å². The first-order valence-electron chi connectivity index (χ1n) is 5.47. The second-order valence-electron chi connectivity index (χ2n) is 3.83. The molecule has 0 bridgehead atoms. The summed E-state index contributed by atoms with van der Waals surface area (Å²) in [5.74, 6) is 0. The van der Waals surface area contributed by atoms with Crippen molar-refractivity contribution in [1.82, 2.24) is 0 Å². The van der Waals surface area contributed by atoms with Crippen LogP contribution >= 0.6 is 11.6 Å². The summed E-state index contributed by atoms with van der Waals surface area (Å²) in [5, 5.41) is 0.934. The number of hydrogen-bond donors (Lipinski definition) is 0. The summed E-state index contributed by atoms with van der Waals surface area (Å²) in [7, 11) is 0. The molecule has 1 heteroatoms. The van der Waals surface area contributed by atoms with E-state index in [0.717, 1.165) is 17.9 Å². The lowest BCUT2D eigenvalue weighted by Gasteiger charge is -2.09. The number of benzene rings is 1. The summed E-state index contributed by atoms with van der Waals surface area (Å²) in [6.45, 7) is 6.55. The molecule has 78 valence electrons. The summed E-state index contributed by atoms with van der Waals surface area (Å²) in [5.41, 5.74) is 4.07. The Bertz CT molecular complexity index is 302. The van der Waals surface area contributed by atoms with Crippen molar-refractivity contribution in [3.8, 4) is 0 Å². The summed E-state index contributed by atoms with van der Waals surface area (Å²) < 4.78 is 0. The number of hydrogen-bond acceptors (Lipinski definition) is 0. The third kappa shape index (κ3) is 2.75. The molecule has 0 unspecified atom stereocenters. The Labute approximate surface area is 92.3 Å². The molecule has 0 fully saturated rings. The van der Waals surface area contributed by atoms with Gasteiger partial charge in [-0.25, -0.2) is 0 Å². The topological polar surface area (TPSA) is 0 Å². The van der Waals surface area contributed by atoms with Gasteiger partial charge in [-0.1, -0.05) is 37.9 Å². The molecule has 0 atom stereocenters. The number of aryl methyl sites for hydroxylation is 3. The van der Waals surface area contributed by atoms with Crippen LogP contribution in [0.1, 0.15) is 43.4 Å². The summed E-state index contributed by atoms with van der Waals surface area (Å²) >= 11 is 6.18. The van der Waals surface area contributed by atoms with Gasteiger partial charge in [0.1, 0.15) is 0 Å². The Balaban J connectivity index is 2.90. The molecule has 0 nitrogen and oxygen atoms in total. The third-order valence-electron chi connectivity index (χ3n) is 2.69. The van der Waals surface area contributed by atoms with Crippen LogP contribution < -0.4 is 0 Å². The van der Waals surface area contributed by atoms with Gasteiger partial charge in [0.25, 0.3) is 0 Å². The van der Waals surface area contributed by atoms with Crippen LogP contribution in [0.2, 0.25) is 5.02 Å². The first-order valence-corrected chi connectivity index (χ1v) is 5.84. The van der Waals surface area contributed by atoms with E-state index >= 15 is 0 Å². The maximum atomic E-state index is 6.18. The minimum atomic E-state index is 0.934. The monoisotopic (exact) mass is 210 g/mol. The Kier molecular flexibility index (Phi) is 4.47. The Morgan fingerprint density at radius 3 is 2.43 bits per heavy atom. The average Bonchev–Trinajstić information content (AvgIpc) is 2.18. The van der Waals surface area contributed by atoms with Crippen LogP contribution in [0.3, 0.4) is 0 Å². The lowest BCUT2D eigenvalue weighted by molar-refractivity contribution is 0.790. The molecule has 0 aliphatic carbocycles. The largest absolute Gasteiger partial charge is 0.0840 e. The predicted octanol–water partition coefficient (Wildman–Crippen LogP) is 4.55. The van der Waals surface area contributed by atoms with Gasteiger partial charge in [-0.3, -0.25) is 0 Å². The quantitative estimate of drug-likeness (QED) is 0.684. The highest BCUT2D eigenvalue weighted by molar-refractivity contribution is 6.31. The lowest BCUT2D eigenvalue weighted by atomic mass is 9.99. The highest BCUT2D eigenvalue weighted by Gasteiger charge is 2.03. The smallest absolute Gasteiger partial charge is 0.0440 e. The van der Waals surface area contributed by atoms with Crippen molar-refractivity contribution in [1.29, 1.82) is 0 Å². The van der Waals surface area contributed by atoms with Crippen molar-refractivity contribution >= 4 is 11.6 Å². The van der Waals surface area contributed by atoms with Crippen molar-refractivity contribution < 1.29 is 0 Å². The minimum absolute atomic E-state index is 0.934. The zero-order chi connectivity index (χ0) is 10.6. The van der Waals surface area contributed by atoms with E-state index in [1.54, 1.807) is 0 Å². The zero-order valence-corrected chi connectivity index (χ0v) is 10.1. The molecule has 0 aromatic heterocycles. The molecule has 1 aromatic carbocycles. The van der Waals surface area contributed by atoms with Gasteiger partial charge in [0.05, 0.1) is 0 Å². The second-order valence-corrected chi connectivity index (χ2v) is 4.23. The van der Waals surface area contributed by atoms with Crippen LogP contribution in [0.25, 0.3) is 0 Å². The molecule has 0 saturated heterocycles. The molecule has 0 aliphatic heterocycles. The van der Waals surface area contributed by atoms with Gasteiger partial charge < -0.3 is 0 Å². The summed E-state index contributed by atoms with van der Waals surface area (Å²) in [4.78, 5) is 0. The van der Waals surface area contributed by atoms with Crippen LogP contribution in [0, 0.1) is 6.92 Å². The van der Waals surface area contributed by atoms with Crippen molar-refractivity contribution in [2.75, 3.05) is 0 Å². The number of unbranched alkanes of at least 4 members (excludes halogenated alkanes) is 1. The van der Waals surface area contributed by atoms with E-state index in [4.69, 9.17) is 11.6 Å². The van der Waals surface area contributed by atoms with E-state index in [0.29, 0.717) is 0 Å². The molecule has 0 saturated carbocycles. The first-order chi connectivity index (χ1) is 6.69. The van der Waals surface area contributed by atoms with Crippen molar-refractivity contribution in [2.24, 2.45) is 0 Å². The fourth-order valence-electron chi connectivity index (χ4n) is 1.69. The SMILES string of the molecule is CCCCc1cc(Cl)c(CC)cc1C. The van der Waals surface area contributed by atoms with Crippen LogP contribution in [0.15, 0.2) is 12.1 Å². The summed E-state index contributed by atoms with van der Waals surface area (Å²) in [6.07, 6.45) is 4.68. The standard InChI is InChI=1S/C13H19Cl/c1-4-6-7-12-9-13(14)11(5-2)8-10(12)3/h8-9H,4-7H2,1-3H3. The molecule has 1 aromatic rings. The Morgan fingerprint density at radius 1 is 1.14 bits per heavy atom. The minimum Gasteiger partial charge on any atom is -0.0840 e. The van der Waals surface area contributed by atoms with Gasteiger partial charge >= 0.3 is 0 Å². The Hall–Kier alpha value is -0.490. The molecule has 0 aliphatic rings. The molecule has 1 rings (SSSR count). The Morgan fingerprint density at radius 2 is 1.86 bits per heavy atom. The highest BCUT2D eigenvalue weighted by atomic mass is 35.5. The fourth-order valence-corrected chi connectivity index (χ4v) is 2.01. The highest BCUT2D eigenvalue weighted by Crippen LogP contribution is 2.23. The van der Waals surface area contributed by atoms with E-state index in [9.17, 15) is 0 Å². The summed E-state index contributed by atoms with van der Waals surface area (Å²) in [6, 6.07) is 4.37. The predicted molar refractivity (Wildman–Crippen MR) is 64.2 cm³/mol. The van der Waals surface area contributed by atoms with Gasteiger partial charge in [-0.05, 0) is 48.9 Å². The van der Waals surface area contributed by atoms with E-state index in [2.05, 4.69) is 32.9 Å². The average molecular weight is 211 g/mol. The molecular weight excluding hydrogens is 192 g/mol. The van der Waals surface area contributed by atoms with Gasteiger partial charge in [0.15, 0.2) is 0 Å². The van der Waals surface area contributed by atoms with Gasteiger partial charge in [-0.15, -0.1) is 0 Å². The van der Waals surface area contributed by atoms with Crippen LogP contribution in [-0.2, 0) is 12.8 Å². The molecular formula is C13H19Cl. The van der Waals surface area contributed by atoms with Crippen LogP contribution in [0.4, 0.5) is 0 Å². The number of halogens is 1. The molecule has 0 heterocycles. The molecule has 14 heavy (non-hydrogen) atoms. The third-order valence-corrected chi connectivity index (χ3v) is 3.04. The van der Waals surface area contributed by atoms with Gasteiger partial charge in [0.2, 0.25) is 0 Å². The molecule has 0 N–H and O–H groups in total. The maximum absolute atomic E-state index is 6.18. The van der Waals surface area contributed by atoms with Gasteiger partial charge in [0, 0.05) is 5.02 Å². The van der Waals surface area contributed by atoms with E-state index < -0.39 is 0 Å². The fraction of sp³-hybridized carbons (Fsp3) is 0.538. The molecule has 0 amide bonds. The van der Waals surface area contributed by atoms with Crippen molar-refractivity contribution in [2.45, 2.75) is 46.5 Å². The van der Waals surface area contributed by atoms with E-state index in [1.165, 1.54) is 29.5 Å². The zero-order valence-electron chi connectivity index (χ0n) is 9.36. The lowest BCUT2D eigenvalue weighted by Crippen LogP contribution is -1.93. The van der Waals surface area contributed by atoms with E-state index in [1.807, 2.05) is 0 Å². The van der Waals surface area contributed by atoms with Crippen molar-refractivity contribution in [3.05, 3.63) is 33.8 Å². The van der Waals surface area contributed by atoms with Crippen LogP contribution in [0.5, 0.6) is 0 Å². The maximum Gasteiger partial charge on any atom is 0.0440 e. The van der Waals surface area contributed by atoms with E-state index in [-0.39, 0.29) is 0 Å². The number of rotatable bonds is 4. The second kappa shape index (κ2) is 5.41. The van der Waals surface area contributed by atoms with Crippen molar-refractivity contribution in [3.63, 3.8) is 0 Å². The normalized spacial score (nSPS) is 10.6.